The largest absolute Gasteiger partial charge is 0.310 e. The third-order valence-corrected chi connectivity index (χ3v) is 12.4. The van der Waals surface area contributed by atoms with Gasteiger partial charge in [-0.2, -0.15) is 0 Å². The van der Waals surface area contributed by atoms with Crippen molar-refractivity contribution in [2.45, 2.75) is 0 Å². The van der Waals surface area contributed by atoms with Gasteiger partial charge in [0, 0.05) is 43.8 Å². The van der Waals surface area contributed by atoms with Gasteiger partial charge in [0.25, 0.3) is 0 Å². The molecule has 12 radical (unpaired) electrons. The molecule has 0 amide bonds. The molecule has 2 aromatic heterocycles. The molecule has 2 nitrogen and oxygen atoms in total. The maximum Gasteiger partial charge on any atom is 0.115 e. The molecule has 0 spiro atoms. The zero-order chi connectivity index (χ0) is 42.2. The number of aromatic nitrogens is 2. The van der Waals surface area contributed by atoms with Gasteiger partial charge in [-0.15, -0.1) is 0 Å². The summed E-state index contributed by atoms with van der Waals surface area (Å²) < 4.78 is 4.30. The molecule has 0 atom stereocenters. The molecule has 0 unspecified atom stereocenters. The van der Waals surface area contributed by atoms with E-state index in [1.807, 2.05) is 78.9 Å². The van der Waals surface area contributed by atoms with Gasteiger partial charge in [-0.25, -0.2) is 0 Å². The van der Waals surface area contributed by atoms with Gasteiger partial charge in [0.05, 0.1) is 16.7 Å². The first-order valence-electron chi connectivity index (χ1n) is 20.5. The molecular weight excluding hydrogens is 741 g/mol. The topological polar surface area (TPSA) is 9.86 Å². The van der Waals surface area contributed by atoms with E-state index in [9.17, 15) is 0 Å². The molecular formula is C54H30B6N2. The lowest BCUT2D eigenvalue weighted by Crippen LogP contribution is -2.41. The predicted octanol–water partition coefficient (Wildman–Crippen LogP) is 7.31. The van der Waals surface area contributed by atoms with Crippen LogP contribution in [0.5, 0.6) is 0 Å². The molecule has 0 N–H and O–H groups in total. The van der Waals surface area contributed by atoms with Gasteiger partial charge in [0.2, 0.25) is 0 Å². The van der Waals surface area contributed by atoms with E-state index in [2.05, 4.69) is 112 Å². The van der Waals surface area contributed by atoms with Gasteiger partial charge < -0.3 is 9.13 Å². The summed E-state index contributed by atoms with van der Waals surface area (Å²) in [6.45, 7) is 0. The van der Waals surface area contributed by atoms with Crippen molar-refractivity contribution in [2.24, 2.45) is 0 Å². The Bertz CT molecular complexity index is 3560. The molecule has 11 aromatic rings. The number of hydrogen-bond donors (Lipinski definition) is 0. The van der Waals surface area contributed by atoms with E-state index in [0.717, 1.165) is 77.3 Å². The molecule has 0 saturated carbocycles. The first-order chi connectivity index (χ1) is 30.3. The van der Waals surface area contributed by atoms with Crippen molar-refractivity contribution in [1.29, 1.82) is 0 Å². The van der Waals surface area contributed by atoms with E-state index >= 15 is 0 Å². The molecule has 0 aliphatic rings. The summed E-state index contributed by atoms with van der Waals surface area (Å²) >= 11 is 0. The van der Waals surface area contributed by atoms with Crippen molar-refractivity contribution in [1.82, 2.24) is 9.13 Å². The van der Waals surface area contributed by atoms with Crippen molar-refractivity contribution < 1.29 is 0 Å². The van der Waals surface area contributed by atoms with Crippen LogP contribution in [0.1, 0.15) is 0 Å². The first kappa shape index (κ1) is 37.9. The van der Waals surface area contributed by atoms with Crippen molar-refractivity contribution in [3.8, 4) is 55.9 Å². The van der Waals surface area contributed by atoms with Crippen LogP contribution in [0.3, 0.4) is 0 Å². The van der Waals surface area contributed by atoms with Crippen LogP contribution < -0.4 is 32.8 Å². The smallest absolute Gasteiger partial charge is 0.115 e. The fraction of sp³-hybridized carbons (Fsp3) is 0. The van der Waals surface area contributed by atoms with Crippen LogP contribution in [-0.4, -0.2) is 56.2 Å². The lowest BCUT2D eigenvalue weighted by atomic mass is 9.63. The summed E-state index contributed by atoms with van der Waals surface area (Å²) in [7, 11) is 43.9. The minimum absolute atomic E-state index is 0.263. The minimum atomic E-state index is 0.263. The van der Waals surface area contributed by atoms with E-state index in [-0.39, 0.29) is 10.9 Å². The minimum Gasteiger partial charge on any atom is -0.310 e. The Morgan fingerprint density at radius 3 is 1.39 bits per heavy atom. The van der Waals surface area contributed by atoms with Gasteiger partial charge in [0.15, 0.2) is 0 Å². The Labute approximate surface area is 368 Å². The second-order valence-corrected chi connectivity index (χ2v) is 15.8. The standard InChI is InChI=1S/C54H30B6N2/c55-47-43-38-21-11-13-23-41(38)62(40-22-12-10-20-37(40)34-18-8-3-9-19-34)54(43)52(60)50(58)45(47)46-48(56)44-39-30-35(32-16-6-2-7-17-32)26-29-42(39)61(53(44)51(59)49(46)57)36-27-24-33(25-28-36)31-14-4-1-5-15-31/h1-30H. The van der Waals surface area contributed by atoms with E-state index in [4.69, 9.17) is 47.1 Å². The normalized spacial score (nSPS) is 11.6. The van der Waals surface area contributed by atoms with Crippen LogP contribution in [0, 0.1) is 0 Å². The average molecular weight is 772 g/mol. The zero-order valence-electron chi connectivity index (χ0n) is 33.7. The van der Waals surface area contributed by atoms with Gasteiger partial charge in [-0.05, 0) is 75.3 Å². The molecule has 9 aromatic carbocycles. The molecule has 0 saturated heterocycles. The number of fused-ring (bicyclic) bond motifs is 6. The zero-order valence-corrected chi connectivity index (χ0v) is 33.7. The van der Waals surface area contributed by atoms with Crippen molar-refractivity contribution in [2.75, 3.05) is 0 Å². The highest BCUT2D eigenvalue weighted by Gasteiger charge is 2.26. The second kappa shape index (κ2) is 14.9. The van der Waals surface area contributed by atoms with Crippen LogP contribution in [0.25, 0.3) is 99.5 Å². The Morgan fingerprint density at radius 1 is 0.306 bits per heavy atom. The number of benzene rings is 9. The lowest BCUT2D eigenvalue weighted by Gasteiger charge is -2.25. The predicted molar refractivity (Wildman–Crippen MR) is 269 cm³/mol. The van der Waals surface area contributed by atoms with E-state index in [1.54, 1.807) is 0 Å². The fourth-order valence-electron chi connectivity index (χ4n) is 9.48. The lowest BCUT2D eigenvalue weighted by molar-refractivity contribution is 1.19. The summed E-state index contributed by atoms with van der Waals surface area (Å²) in [5.74, 6) is 0. The van der Waals surface area contributed by atoms with Gasteiger partial charge in [0.1, 0.15) is 47.1 Å². The van der Waals surface area contributed by atoms with Gasteiger partial charge in [-0.1, -0.05) is 178 Å². The first-order valence-corrected chi connectivity index (χ1v) is 20.5. The highest BCUT2D eigenvalue weighted by Crippen LogP contribution is 2.38. The van der Waals surface area contributed by atoms with Crippen LogP contribution in [-0.2, 0) is 0 Å². The van der Waals surface area contributed by atoms with Crippen LogP contribution in [0.4, 0.5) is 0 Å². The Morgan fingerprint density at radius 2 is 0.758 bits per heavy atom. The molecule has 8 heteroatoms. The van der Waals surface area contributed by atoms with Crippen LogP contribution >= 0.6 is 0 Å². The Kier molecular flexibility index (Phi) is 9.09. The van der Waals surface area contributed by atoms with Crippen molar-refractivity contribution in [3.63, 3.8) is 0 Å². The number of para-hydroxylation sites is 2. The number of nitrogens with zero attached hydrogens (tertiary/aromatic N) is 2. The molecule has 274 valence electrons. The summed E-state index contributed by atoms with van der Waals surface area (Å²) in [5.41, 5.74) is 14.4. The Balaban J connectivity index is 1.21. The molecule has 2 heterocycles. The average Bonchev–Trinajstić information content (AvgIpc) is 3.86. The SMILES string of the molecule is [B]c1c(-c2c([B])c([B])c3c(c2[B])c2ccccc2n3-c2ccccc2-c2ccccc2)c([B])c2c3cc(-c4ccccc4)ccc3n(-c3ccc(-c4ccccc4)cc3)c2c1[B]. The molecule has 0 aliphatic carbocycles. The Hall–Kier alpha value is -7.03. The van der Waals surface area contributed by atoms with E-state index in [0.29, 0.717) is 44.0 Å². The van der Waals surface area contributed by atoms with Gasteiger partial charge >= 0.3 is 0 Å². The number of rotatable bonds is 6. The van der Waals surface area contributed by atoms with Crippen molar-refractivity contribution in [3.05, 3.63) is 182 Å². The number of hydrogen-bond acceptors (Lipinski definition) is 0. The van der Waals surface area contributed by atoms with Crippen LogP contribution in [0.15, 0.2) is 182 Å². The highest BCUT2D eigenvalue weighted by molar-refractivity contribution is 6.65. The third-order valence-electron chi connectivity index (χ3n) is 12.4. The monoisotopic (exact) mass is 772 g/mol. The fourth-order valence-corrected chi connectivity index (χ4v) is 9.48. The quantitative estimate of drug-likeness (QED) is 0.157. The molecule has 62 heavy (non-hydrogen) atoms. The molecule has 11 rings (SSSR count). The summed E-state index contributed by atoms with van der Waals surface area (Å²) in [4.78, 5) is 0. The van der Waals surface area contributed by atoms with E-state index in [1.165, 1.54) is 0 Å². The van der Waals surface area contributed by atoms with Gasteiger partial charge in [-0.3, -0.25) is 0 Å². The molecule has 0 fully saturated rings. The summed E-state index contributed by atoms with van der Waals surface area (Å²) in [5, 5.41) is 3.29. The maximum atomic E-state index is 7.49. The second-order valence-electron chi connectivity index (χ2n) is 15.8. The maximum absolute atomic E-state index is 7.49. The highest BCUT2D eigenvalue weighted by atomic mass is 15.0. The third kappa shape index (κ3) is 5.73. The molecule has 0 aliphatic heterocycles. The summed E-state index contributed by atoms with van der Waals surface area (Å²) in [6.07, 6.45) is 0. The molecule has 0 bridgehead atoms. The van der Waals surface area contributed by atoms with Crippen LogP contribution in [0.2, 0.25) is 0 Å². The summed E-state index contributed by atoms with van der Waals surface area (Å²) in [6, 6.07) is 62.1. The van der Waals surface area contributed by atoms with E-state index < -0.39 is 0 Å². The van der Waals surface area contributed by atoms with Crippen molar-refractivity contribution >= 4 is 123 Å².